The number of rotatable bonds is 7. The number of nitro groups is 1. The Bertz CT molecular complexity index is 1400. The molecule has 0 bridgehead atoms. The van der Waals surface area contributed by atoms with Gasteiger partial charge < -0.3 is 4.74 Å². The molecule has 35 heavy (non-hydrogen) atoms. The van der Waals surface area contributed by atoms with Gasteiger partial charge in [-0.25, -0.2) is 4.98 Å². The van der Waals surface area contributed by atoms with E-state index in [0.29, 0.717) is 17.3 Å². The summed E-state index contributed by atoms with van der Waals surface area (Å²) in [6.07, 6.45) is 2.29. The summed E-state index contributed by atoms with van der Waals surface area (Å²) in [6.45, 7) is -0.517. The Labute approximate surface area is 205 Å². The van der Waals surface area contributed by atoms with Crippen molar-refractivity contribution in [2.45, 2.75) is 0 Å². The van der Waals surface area contributed by atoms with Crippen LogP contribution in [0, 0.1) is 15.9 Å². The van der Waals surface area contributed by atoms with Crippen molar-refractivity contribution in [2.75, 3.05) is 6.54 Å². The molecule has 4 rings (SSSR count). The molecule has 0 N–H and O–H groups in total. The Morgan fingerprint density at radius 3 is 2.69 bits per heavy atom. The number of thioether (sulfide) groups is 1. The van der Waals surface area contributed by atoms with E-state index >= 15 is 0 Å². The summed E-state index contributed by atoms with van der Waals surface area (Å²) < 4.78 is 19.2. The van der Waals surface area contributed by atoms with Crippen LogP contribution in [0.4, 0.5) is 14.9 Å². The van der Waals surface area contributed by atoms with Gasteiger partial charge in [0.15, 0.2) is 5.78 Å². The number of ether oxygens (including phenoxy) is 1. The van der Waals surface area contributed by atoms with E-state index in [-0.39, 0.29) is 33.1 Å². The highest BCUT2D eigenvalue weighted by Crippen LogP contribution is 2.33. The lowest BCUT2D eigenvalue weighted by Gasteiger charge is -2.11. The maximum absolute atomic E-state index is 13.8. The Morgan fingerprint density at radius 1 is 1.23 bits per heavy atom. The SMILES string of the molecule is O=C(CN1C(=O)S/C(=C/c2cccc(Oc3nc(Cl)ncc3F)c2)C1=O)c1ccc([N+](=O)[O-])cc1. The van der Waals surface area contributed by atoms with E-state index in [2.05, 4.69) is 9.97 Å². The molecule has 0 radical (unpaired) electrons. The number of hydrogen-bond donors (Lipinski definition) is 0. The third kappa shape index (κ3) is 5.50. The van der Waals surface area contributed by atoms with Crippen LogP contribution in [0.3, 0.4) is 0 Å². The fraction of sp³-hybridized carbons (Fsp3) is 0.0455. The molecule has 2 heterocycles. The van der Waals surface area contributed by atoms with Crippen molar-refractivity contribution in [1.82, 2.24) is 14.9 Å². The Balaban J connectivity index is 1.48. The minimum atomic E-state index is -0.821. The highest BCUT2D eigenvalue weighted by Gasteiger charge is 2.36. The molecule has 0 aliphatic carbocycles. The number of amides is 2. The van der Waals surface area contributed by atoms with Crippen molar-refractivity contribution in [3.05, 3.63) is 92.0 Å². The van der Waals surface area contributed by atoms with Crippen molar-refractivity contribution < 1.29 is 28.4 Å². The van der Waals surface area contributed by atoms with Gasteiger partial charge in [0.1, 0.15) is 5.75 Å². The number of nitro benzene ring substituents is 1. The lowest BCUT2D eigenvalue weighted by Crippen LogP contribution is -2.33. The van der Waals surface area contributed by atoms with Crippen LogP contribution >= 0.6 is 23.4 Å². The van der Waals surface area contributed by atoms with Crippen LogP contribution in [-0.2, 0) is 4.79 Å². The molecule has 0 spiro atoms. The van der Waals surface area contributed by atoms with E-state index < -0.39 is 34.2 Å². The van der Waals surface area contributed by atoms with E-state index in [1.165, 1.54) is 30.3 Å². The number of non-ortho nitro benzene ring substituents is 1. The zero-order valence-electron chi connectivity index (χ0n) is 17.4. The van der Waals surface area contributed by atoms with E-state index in [9.17, 15) is 28.9 Å². The number of aromatic nitrogens is 2. The summed E-state index contributed by atoms with van der Waals surface area (Å²) in [5.74, 6) is -2.23. The fourth-order valence-corrected chi connectivity index (χ4v) is 3.94. The van der Waals surface area contributed by atoms with Crippen LogP contribution < -0.4 is 4.74 Å². The molecule has 1 aliphatic heterocycles. The summed E-state index contributed by atoms with van der Waals surface area (Å²) in [4.78, 5) is 55.8. The van der Waals surface area contributed by atoms with Gasteiger partial charge in [-0.15, -0.1) is 0 Å². The van der Waals surface area contributed by atoms with Gasteiger partial charge in [0.25, 0.3) is 22.7 Å². The predicted octanol–water partition coefficient (Wildman–Crippen LogP) is 4.89. The molecule has 0 atom stereocenters. The second-order valence-corrected chi connectivity index (χ2v) is 8.29. The van der Waals surface area contributed by atoms with E-state index in [4.69, 9.17) is 16.3 Å². The minimum Gasteiger partial charge on any atom is -0.436 e. The van der Waals surface area contributed by atoms with Crippen molar-refractivity contribution in [2.24, 2.45) is 0 Å². The molecule has 1 aliphatic rings. The minimum absolute atomic E-state index is 0.0694. The topological polar surface area (TPSA) is 133 Å². The normalized spacial score (nSPS) is 14.5. The number of benzene rings is 2. The lowest BCUT2D eigenvalue weighted by molar-refractivity contribution is -0.384. The van der Waals surface area contributed by atoms with Gasteiger partial charge in [0, 0.05) is 17.7 Å². The molecule has 0 unspecified atom stereocenters. The number of imide groups is 1. The molecule has 2 aromatic carbocycles. The van der Waals surface area contributed by atoms with Crippen LogP contribution in [0.2, 0.25) is 5.28 Å². The van der Waals surface area contributed by atoms with Crippen LogP contribution in [0.25, 0.3) is 6.08 Å². The monoisotopic (exact) mass is 514 g/mol. The number of carbonyl (C=O) groups excluding carboxylic acids is 3. The van der Waals surface area contributed by atoms with Gasteiger partial charge in [-0.3, -0.25) is 29.4 Å². The average Bonchev–Trinajstić information content (AvgIpc) is 3.09. The molecule has 176 valence electrons. The highest BCUT2D eigenvalue weighted by atomic mass is 35.5. The molecule has 3 aromatic rings. The maximum atomic E-state index is 13.8. The van der Waals surface area contributed by atoms with E-state index in [0.717, 1.165) is 23.2 Å². The molecule has 0 saturated carbocycles. The summed E-state index contributed by atoms with van der Waals surface area (Å²) in [5, 5.41) is 9.92. The number of carbonyl (C=O) groups is 3. The van der Waals surface area contributed by atoms with Gasteiger partial charge in [0.2, 0.25) is 11.1 Å². The average molecular weight is 515 g/mol. The Hall–Kier alpha value is -4.16. The second-order valence-electron chi connectivity index (χ2n) is 6.96. The van der Waals surface area contributed by atoms with Gasteiger partial charge in [-0.05, 0) is 59.3 Å². The zero-order chi connectivity index (χ0) is 25.1. The lowest BCUT2D eigenvalue weighted by atomic mass is 10.1. The summed E-state index contributed by atoms with van der Waals surface area (Å²) >= 11 is 6.31. The quantitative estimate of drug-likeness (QED) is 0.142. The molecule has 1 aromatic heterocycles. The molecule has 10 nitrogen and oxygen atoms in total. The first-order valence-electron chi connectivity index (χ1n) is 9.70. The van der Waals surface area contributed by atoms with Crippen LogP contribution in [0.1, 0.15) is 15.9 Å². The number of ketones is 1. The first-order valence-corrected chi connectivity index (χ1v) is 10.9. The van der Waals surface area contributed by atoms with Crippen LogP contribution in [0.15, 0.2) is 59.6 Å². The van der Waals surface area contributed by atoms with Gasteiger partial charge in [-0.1, -0.05) is 12.1 Å². The molecule has 1 fully saturated rings. The third-order valence-corrected chi connectivity index (χ3v) is 5.72. The first kappa shape index (κ1) is 24.0. The maximum Gasteiger partial charge on any atom is 0.293 e. The van der Waals surface area contributed by atoms with Gasteiger partial charge >= 0.3 is 0 Å². The van der Waals surface area contributed by atoms with E-state index in [1.807, 2.05) is 0 Å². The number of nitrogens with zero attached hydrogens (tertiary/aromatic N) is 4. The Morgan fingerprint density at radius 2 is 1.97 bits per heavy atom. The summed E-state index contributed by atoms with van der Waals surface area (Å²) in [5.41, 5.74) is 0.406. The van der Waals surface area contributed by atoms with Crippen LogP contribution in [0.5, 0.6) is 11.6 Å². The van der Waals surface area contributed by atoms with Gasteiger partial charge in [0.05, 0.1) is 22.6 Å². The fourth-order valence-electron chi connectivity index (χ4n) is 2.97. The highest BCUT2D eigenvalue weighted by molar-refractivity contribution is 8.18. The van der Waals surface area contributed by atoms with Crippen LogP contribution in [-0.4, -0.2) is 43.3 Å². The molecule has 1 saturated heterocycles. The smallest absolute Gasteiger partial charge is 0.293 e. The predicted molar refractivity (Wildman–Crippen MR) is 124 cm³/mol. The number of halogens is 2. The van der Waals surface area contributed by atoms with E-state index in [1.54, 1.807) is 12.1 Å². The Kier molecular flexibility index (Phi) is 6.85. The van der Waals surface area contributed by atoms with Crippen molar-refractivity contribution in [3.63, 3.8) is 0 Å². The van der Waals surface area contributed by atoms with Crippen molar-refractivity contribution >= 4 is 52.1 Å². The molecule has 2 amide bonds. The largest absolute Gasteiger partial charge is 0.436 e. The zero-order valence-corrected chi connectivity index (χ0v) is 19.0. The standard InChI is InChI=1S/C22H12ClFN4O6S/c23-21-25-10-16(24)19(26-21)34-15-3-1-2-12(8-15)9-18-20(30)27(22(31)35-18)11-17(29)13-4-6-14(7-5-13)28(32)33/h1-10H,11H2/b18-9+. The van der Waals surface area contributed by atoms with Crippen molar-refractivity contribution in [3.8, 4) is 11.6 Å². The van der Waals surface area contributed by atoms with Gasteiger partial charge in [-0.2, -0.15) is 9.37 Å². The molecular weight excluding hydrogens is 503 g/mol. The summed E-state index contributed by atoms with van der Waals surface area (Å²) in [6, 6.07) is 11.1. The third-order valence-electron chi connectivity index (χ3n) is 4.63. The van der Waals surface area contributed by atoms with Crippen molar-refractivity contribution in [1.29, 1.82) is 0 Å². The first-order chi connectivity index (χ1) is 16.7. The molecule has 13 heteroatoms. The summed E-state index contributed by atoms with van der Waals surface area (Å²) in [7, 11) is 0. The second kappa shape index (κ2) is 9.99. The number of Topliss-reactive ketones (excluding diaryl/α,β-unsaturated/α-hetero) is 1. The number of hydrogen-bond acceptors (Lipinski definition) is 9. The molecular formula is C22H12ClFN4O6S.